The van der Waals surface area contributed by atoms with E-state index in [1.165, 1.54) is 16.9 Å². The Kier molecular flexibility index (Phi) is 6.20. The summed E-state index contributed by atoms with van der Waals surface area (Å²) in [6.45, 7) is 7.85. The van der Waals surface area contributed by atoms with Crippen LogP contribution in [0.3, 0.4) is 0 Å². The zero-order chi connectivity index (χ0) is 15.3. The van der Waals surface area contributed by atoms with Gasteiger partial charge < -0.3 is 10.4 Å². The fraction of sp³-hybridized carbons (Fsp3) is 0.600. The topological polar surface area (TPSA) is 66.4 Å². The summed E-state index contributed by atoms with van der Waals surface area (Å²) in [5, 5.41) is 11.8. The summed E-state index contributed by atoms with van der Waals surface area (Å²) in [7, 11) is 0. The normalized spacial score (nSPS) is 13.8. The lowest BCUT2D eigenvalue weighted by atomic mass is 9.99. The van der Waals surface area contributed by atoms with E-state index in [0.29, 0.717) is 11.3 Å². The fourth-order valence-corrected chi connectivity index (χ4v) is 3.02. The highest BCUT2D eigenvalue weighted by Gasteiger charge is 2.26. The number of thiophene rings is 1. The lowest BCUT2D eigenvalue weighted by Crippen LogP contribution is -2.44. The number of rotatable bonds is 7. The molecule has 0 aliphatic heterocycles. The number of hydrogen-bond donors (Lipinski definition) is 2. The van der Waals surface area contributed by atoms with Gasteiger partial charge >= 0.3 is 5.97 Å². The van der Waals surface area contributed by atoms with Crippen LogP contribution in [0.1, 0.15) is 53.7 Å². The Balaban J connectivity index is 2.84. The van der Waals surface area contributed by atoms with Gasteiger partial charge in [-0.15, -0.1) is 11.3 Å². The Morgan fingerprint density at radius 1 is 1.40 bits per heavy atom. The van der Waals surface area contributed by atoms with Gasteiger partial charge in [0.2, 0.25) is 0 Å². The lowest BCUT2D eigenvalue weighted by Gasteiger charge is -2.19. The van der Waals surface area contributed by atoms with Gasteiger partial charge in [-0.05, 0) is 30.9 Å². The summed E-state index contributed by atoms with van der Waals surface area (Å²) in [6, 6.07) is 1.05. The third-order valence-electron chi connectivity index (χ3n) is 3.53. The molecule has 0 fully saturated rings. The molecule has 5 heteroatoms. The first-order valence-electron chi connectivity index (χ1n) is 7.03. The smallest absolute Gasteiger partial charge is 0.326 e. The standard InChI is InChI=1S/C15H23NO3S/c1-5-7-11-8-12(20-10(11)4)14(17)16-13(15(18)19)9(3)6-2/h8-9,13H,5-7H2,1-4H3,(H,16,17)(H,18,19)/t9-,13-/m0/s1. The van der Waals surface area contributed by atoms with Gasteiger partial charge in [-0.25, -0.2) is 4.79 Å². The molecule has 0 aliphatic rings. The van der Waals surface area contributed by atoms with Crippen molar-refractivity contribution in [3.05, 3.63) is 21.4 Å². The summed E-state index contributed by atoms with van der Waals surface area (Å²) in [4.78, 5) is 25.1. The van der Waals surface area contributed by atoms with E-state index in [9.17, 15) is 14.7 Å². The molecule has 1 amide bonds. The number of aryl methyl sites for hydroxylation is 2. The lowest BCUT2D eigenvalue weighted by molar-refractivity contribution is -0.140. The third-order valence-corrected chi connectivity index (χ3v) is 4.62. The highest BCUT2D eigenvalue weighted by atomic mass is 32.1. The third kappa shape index (κ3) is 4.07. The zero-order valence-electron chi connectivity index (χ0n) is 12.5. The average molecular weight is 297 g/mol. The minimum Gasteiger partial charge on any atom is -0.480 e. The van der Waals surface area contributed by atoms with E-state index < -0.39 is 12.0 Å². The molecule has 0 saturated heterocycles. The van der Waals surface area contributed by atoms with Crippen molar-refractivity contribution in [3.63, 3.8) is 0 Å². The van der Waals surface area contributed by atoms with Crippen molar-refractivity contribution in [2.45, 2.75) is 53.0 Å². The maximum absolute atomic E-state index is 12.2. The number of amides is 1. The molecule has 1 heterocycles. The second-order valence-electron chi connectivity index (χ2n) is 5.12. The minimum absolute atomic E-state index is 0.0902. The van der Waals surface area contributed by atoms with E-state index in [1.54, 1.807) is 0 Å². The largest absolute Gasteiger partial charge is 0.480 e. The Labute approximate surface area is 124 Å². The molecular weight excluding hydrogens is 274 g/mol. The molecule has 0 aromatic carbocycles. The predicted molar refractivity (Wildman–Crippen MR) is 81.4 cm³/mol. The van der Waals surface area contributed by atoms with E-state index in [1.807, 2.05) is 26.8 Å². The Morgan fingerprint density at radius 2 is 2.05 bits per heavy atom. The van der Waals surface area contributed by atoms with Crippen molar-refractivity contribution in [1.82, 2.24) is 5.32 Å². The predicted octanol–water partition coefficient (Wildman–Crippen LogP) is 3.24. The van der Waals surface area contributed by atoms with E-state index in [-0.39, 0.29) is 11.8 Å². The van der Waals surface area contributed by atoms with Gasteiger partial charge in [-0.3, -0.25) is 4.79 Å². The number of carboxylic acid groups (broad SMARTS) is 1. The Morgan fingerprint density at radius 3 is 2.55 bits per heavy atom. The van der Waals surface area contributed by atoms with Gasteiger partial charge in [0, 0.05) is 4.88 Å². The quantitative estimate of drug-likeness (QED) is 0.812. The van der Waals surface area contributed by atoms with Crippen molar-refractivity contribution in [2.75, 3.05) is 0 Å². The molecule has 4 nitrogen and oxygen atoms in total. The fourth-order valence-electron chi connectivity index (χ4n) is 2.04. The van der Waals surface area contributed by atoms with Gasteiger partial charge in [0.1, 0.15) is 6.04 Å². The van der Waals surface area contributed by atoms with Crippen molar-refractivity contribution >= 4 is 23.2 Å². The first-order valence-corrected chi connectivity index (χ1v) is 7.85. The van der Waals surface area contributed by atoms with E-state index in [4.69, 9.17) is 0 Å². The molecule has 1 aromatic rings. The van der Waals surface area contributed by atoms with Crippen LogP contribution < -0.4 is 5.32 Å². The molecule has 1 aromatic heterocycles. The first-order chi connectivity index (χ1) is 9.40. The minimum atomic E-state index is -0.977. The molecule has 0 spiro atoms. The molecule has 2 N–H and O–H groups in total. The van der Waals surface area contributed by atoms with Gasteiger partial charge in [-0.1, -0.05) is 33.6 Å². The Hall–Kier alpha value is -1.36. The Bertz CT molecular complexity index is 481. The van der Waals surface area contributed by atoms with E-state index in [0.717, 1.165) is 17.7 Å². The number of nitrogens with one attached hydrogen (secondary N) is 1. The van der Waals surface area contributed by atoms with Gasteiger partial charge in [0.05, 0.1) is 4.88 Å². The second kappa shape index (κ2) is 7.43. The van der Waals surface area contributed by atoms with Crippen molar-refractivity contribution in [2.24, 2.45) is 5.92 Å². The van der Waals surface area contributed by atoms with Crippen LogP contribution in [0.25, 0.3) is 0 Å². The number of carboxylic acids is 1. The molecule has 20 heavy (non-hydrogen) atoms. The summed E-state index contributed by atoms with van der Waals surface area (Å²) in [5.74, 6) is -1.35. The molecule has 0 radical (unpaired) electrons. The molecule has 0 bridgehead atoms. The second-order valence-corrected chi connectivity index (χ2v) is 6.37. The molecule has 0 unspecified atom stereocenters. The highest BCUT2D eigenvalue weighted by Crippen LogP contribution is 2.23. The van der Waals surface area contributed by atoms with Crippen LogP contribution in [0.2, 0.25) is 0 Å². The van der Waals surface area contributed by atoms with Crippen LogP contribution in [-0.2, 0) is 11.2 Å². The molecule has 0 saturated carbocycles. The maximum Gasteiger partial charge on any atom is 0.326 e. The van der Waals surface area contributed by atoms with Crippen molar-refractivity contribution < 1.29 is 14.7 Å². The van der Waals surface area contributed by atoms with Crippen LogP contribution in [0, 0.1) is 12.8 Å². The van der Waals surface area contributed by atoms with Crippen molar-refractivity contribution in [1.29, 1.82) is 0 Å². The van der Waals surface area contributed by atoms with E-state index in [2.05, 4.69) is 12.2 Å². The van der Waals surface area contributed by atoms with Crippen LogP contribution in [0.15, 0.2) is 6.07 Å². The molecular formula is C15H23NO3S. The van der Waals surface area contributed by atoms with Gasteiger partial charge in [0.15, 0.2) is 0 Å². The SMILES string of the molecule is CCCc1cc(C(=O)N[C@H](C(=O)O)[C@@H](C)CC)sc1C. The molecule has 2 atom stereocenters. The van der Waals surface area contributed by atoms with Crippen LogP contribution >= 0.6 is 11.3 Å². The molecule has 0 aliphatic carbocycles. The summed E-state index contributed by atoms with van der Waals surface area (Å²) in [5.41, 5.74) is 1.18. The average Bonchev–Trinajstić information content (AvgIpc) is 2.76. The highest BCUT2D eigenvalue weighted by molar-refractivity contribution is 7.14. The van der Waals surface area contributed by atoms with Crippen LogP contribution in [-0.4, -0.2) is 23.0 Å². The van der Waals surface area contributed by atoms with Gasteiger partial charge in [-0.2, -0.15) is 0 Å². The first kappa shape index (κ1) is 16.7. The van der Waals surface area contributed by atoms with Crippen molar-refractivity contribution in [3.8, 4) is 0 Å². The number of hydrogen-bond acceptors (Lipinski definition) is 3. The number of aliphatic carboxylic acids is 1. The molecule has 112 valence electrons. The van der Waals surface area contributed by atoms with Crippen LogP contribution in [0.5, 0.6) is 0 Å². The number of carbonyl (C=O) groups is 2. The monoisotopic (exact) mass is 297 g/mol. The van der Waals surface area contributed by atoms with Gasteiger partial charge in [0.25, 0.3) is 5.91 Å². The summed E-state index contributed by atoms with van der Waals surface area (Å²) < 4.78 is 0. The zero-order valence-corrected chi connectivity index (χ0v) is 13.3. The summed E-state index contributed by atoms with van der Waals surface area (Å²) >= 11 is 1.43. The maximum atomic E-state index is 12.2. The van der Waals surface area contributed by atoms with Crippen LogP contribution in [0.4, 0.5) is 0 Å². The van der Waals surface area contributed by atoms with E-state index >= 15 is 0 Å². The summed E-state index contributed by atoms with van der Waals surface area (Å²) in [6.07, 6.45) is 2.69. The molecule has 1 rings (SSSR count). The number of carbonyl (C=O) groups excluding carboxylic acids is 1.